The Morgan fingerprint density at radius 2 is 1.93 bits per heavy atom. The summed E-state index contributed by atoms with van der Waals surface area (Å²) in [5.41, 5.74) is 8.02. The van der Waals surface area contributed by atoms with Gasteiger partial charge in [0.1, 0.15) is 0 Å². The quantitative estimate of drug-likeness (QED) is 0.741. The number of benzene rings is 1. The minimum atomic E-state index is 0.597. The van der Waals surface area contributed by atoms with Gasteiger partial charge in [0.25, 0.3) is 0 Å². The predicted molar refractivity (Wildman–Crippen MR) is 62.3 cm³/mol. The van der Waals surface area contributed by atoms with E-state index in [2.05, 4.69) is 31.9 Å². The SMILES string of the molecule is CC(C)N(C)CCc1ccccc1N. The van der Waals surface area contributed by atoms with Crippen LogP contribution >= 0.6 is 0 Å². The number of hydrogen-bond acceptors (Lipinski definition) is 2. The van der Waals surface area contributed by atoms with Crippen molar-refractivity contribution >= 4 is 5.69 Å². The van der Waals surface area contributed by atoms with Crippen LogP contribution in [0.3, 0.4) is 0 Å². The summed E-state index contributed by atoms with van der Waals surface area (Å²) in [5, 5.41) is 0. The lowest BCUT2D eigenvalue weighted by Gasteiger charge is -2.21. The van der Waals surface area contributed by atoms with Gasteiger partial charge in [-0.2, -0.15) is 0 Å². The fourth-order valence-corrected chi connectivity index (χ4v) is 1.32. The summed E-state index contributed by atoms with van der Waals surface area (Å²) >= 11 is 0. The predicted octanol–water partition coefficient (Wildman–Crippen LogP) is 2.15. The number of anilines is 1. The molecular weight excluding hydrogens is 172 g/mol. The van der Waals surface area contributed by atoms with Crippen LogP contribution in [0.4, 0.5) is 5.69 Å². The molecule has 0 amide bonds. The number of likely N-dealkylation sites (N-methyl/N-ethyl adjacent to an activating group) is 1. The molecule has 2 heteroatoms. The Labute approximate surface area is 86.7 Å². The summed E-state index contributed by atoms with van der Waals surface area (Å²) in [7, 11) is 2.14. The molecule has 0 aromatic heterocycles. The van der Waals surface area contributed by atoms with Crippen molar-refractivity contribution in [1.29, 1.82) is 0 Å². The van der Waals surface area contributed by atoms with Crippen molar-refractivity contribution in [1.82, 2.24) is 4.90 Å². The van der Waals surface area contributed by atoms with Crippen molar-refractivity contribution in [2.75, 3.05) is 19.3 Å². The van der Waals surface area contributed by atoms with Gasteiger partial charge in [0, 0.05) is 18.3 Å². The van der Waals surface area contributed by atoms with Gasteiger partial charge in [-0.3, -0.25) is 0 Å². The monoisotopic (exact) mass is 192 g/mol. The minimum absolute atomic E-state index is 0.597. The third-order valence-corrected chi connectivity index (χ3v) is 2.67. The second kappa shape index (κ2) is 5.01. The van der Waals surface area contributed by atoms with E-state index >= 15 is 0 Å². The maximum absolute atomic E-state index is 5.86. The minimum Gasteiger partial charge on any atom is -0.399 e. The average Bonchev–Trinajstić information content (AvgIpc) is 2.16. The molecule has 0 spiro atoms. The van der Waals surface area contributed by atoms with Crippen molar-refractivity contribution in [3.63, 3.8) is 0 Å². The lowest BCUT2D eigenvalue weighted by molar-refractivity contribution is 0.277. The Hall–Kier alpha value is -1.02. The largest absolute Gasteiger partial charge is 0.399 e. The maximum atomic E-state index is 5.86. The van der Waals surface area contributed by atoms with Crippen LogP contribution in [0, 0.1) is 0 Å². The summed E-state index contributed by atoms with van der Waals surface area (Å²) in [5.74, 6) is 0. The van der Waals surface area contributed by atoms with Gasteiger partial charge < -0.3 is 10.6 Å². The van der Waals surface area contributed by atoms with Crippen molar-refractivity contribution in [2.45, 2.75) is 26.3 Å². The first kappa shape index (κ1) is 11.1. The first-order valence-electron chi connectivity index (χ1n) is 5.15. The molecule has 0 aliphatic carbocycles. The summed E-state index contributed by atoms with van der Waals surface area (Å²) in [4.78, 5) is 2.33. The van der Waals surface area contributed by atoms with Crippen LogP contribution in [-0.4, -0.2) is 24.5 Å². The van der Waals surface area contributed by atoms with Crippen LogP contribution in [0.2, 0.25) is 0 Å². The number of nitrogen functional groups attached to an aromatic ring is 1. The molecule has 0 saturated heterocycles. The van der Waals surface area contributed by atoms with E-state index in [1.165, 1.54) is 5.56 Å². The molecule has 1 rings (SSSR count). The molecule has 0 saturated carbocycles. The van der Waals surface area contributed by atoms with E-state index in [0.717, 1.165) is 18.7 Å². The molecule has 0 radical (unpaired) electrons. The zero-order valence-corrected chi connectivity index (χ0v) is 9.33. The Kier molecular flexibility index (Phi) is 3.96. The number of hydrogen-bond donors (Lipinski definition) is 1. The Morgan fingerprint density at radius 3 is 2.50 bits per heavy atom. The van der Waals surface area contributed by atoms with Crippen LogP contribution in [0.25, 0.3) is 0 Å². The van der Waals surface area contributed by atoms with Gasteiger partial charge >= 0.3 is 0 Å². The van der Waals surface area contributed by atoms with Crippen molar-refractivity contribution in [3.05, 3.63) is 29.8 Å². The molecule has 1 aromatic rings. The van der Waals surface area contributed by atoms with Crippen molar-refractivity contribution < 1.29 is 0 Å². The molecule has 0 heterocycles. The van der Waals surface area contributed by atoms with Gasteiger partial charge in [-0.05, 0) is 38.9 Å². The smallest absolute Gasteiger partial charge is 0.0347 e. The summed E-state index contributed by atoms with van der Waals surface area (Å²) in [6, 6.07) is 8.68. The fraction of sp³-hybridized carbons (Fsp3) is 0.500. The second-order valence-electron chi connectivity index (χ2n) is 4.02. The van der Waals surface area contributed by atoms with E-state index in [4.69, 9.17) is 5.73 Å². The number of nitrogens with two attached hydrogens (primary N) is 1. The third-order valence-electron chi connectivity index (χ3n) is 2.67. The third kappa shape index (κ3) is 3.04. The van der Waals surface area contributed by atoms with E-state index in [0.29, 0.717) is 6.04 Å². The molecular formula is C12H20N2. The highest BCUT2D eigenvalue weighted by Crippen LogP contribution is 2.11. The Morgan fingerprint density at radius 1 is 1.29 bits per heavy atom. The highest BCUT2D eigenvalue weighted by molar-refractivity contribution is 5.46. The molecule has 1 aromatic carbocycles. The van der Waals surface area contributed by atoms with Crippen LogP contribution in [0.15, 0.2) is 24.3 Å². The Bertz CT molecular complexity index is 281. The average molecular weight is 192 g/mol. The number of nitrogens with zero attached hydrogens (tertiary/aromatic N) is 1. The summed E-state index contributed by atoms with van der Waals surface area (Å²) < 4.78 is 0. The van der Waals surface area contributed by atoms with E-state index < -0.39 is 0 Å². The van der Waals surface area contributed by atoms with E-state index in [1.54, 1.807) is 0 Å². The molecule has 2 nitrogen and oxygen atoms in total. The molecule has 0 bridgehead atoms. The van der Waals surface area contributed by atoms with Gasteiger partial charge in [-0.15, -0.1) is 0 Å². The summed E-state index contributed by atoms with van der Waals surface area (Å²) in [6.07, 6.45) is 1.03. The second-order valence-corrected chi connectivity index (χ2v) is 4.02. The molecule has 0 aliphatic rings. The van der Waals surface area contributed by atoms with Crippen LogP contribution in [0.1, 0.15) is 19.4 Å². The van der Waals surface area contributed by atoms with Gasteiger partial charge in [0.05, 0.1) is 0 Å². The number of para-hydroxylation sites is 1. The first-order valence-corrected chi connectivity index (χ1v) is 5.15. The Balaban J connectivity index is 2.50. The van der Waals surface area contributed by atoms with E-state index in [9.17, 15) is 0 Å². The molecule has 0 fully saturated rings. The lowest BCUT2D eigenvalue weighted by Crippen LogP contribution is -2.28. The molecule has 2 N–H and O–H groups in total. The first-order chi connectivity index (χ1) is 6.61. The molecule has 0 aliphatic heterocycles. The molecule has 78 valence electrons. The molecule has 14 heavy (non-hydrogen) atoms. The van der Waals surface area contributed by atoms with Gasteiger partial charge in [0.15, 0.2) is 0 Å². The molecule has 0 atom stereocenters. The van der Waals surface area contributed by atoms with Gasteiger partial charge in [0.2, 0.25) is 0 Å². The number of rotatable bonds is 4. The fourth-order valence-electron chi connectivity index (χ4n) is 1.32. The standard InChI is InChI=1S/C12H20N2/c1-10(2)14(3)9-8-11-6-4-5-7-12(11)13/h4-7,10H,8-9,13H2,1-3H3. The molecule has 0 unspecified atom stereocenters. The highest BCUT2D eigenvalue weighted by atomic mass is 15.1. The van der Waals surface area contributed by atoms with Crippen LogP contribution in [0.5, 0.6) is 0 Å². The van der Waals surface area contributed by atoms with Crippen LogP contribution < -0.4 is 5.73 Å². The van der Waals surface area contributed by atoms with Crippen molar-refractivity contribution in [3.8, 4) is 0 Å². The topological polar surface area (TPSA) is 29.3 Å². The van der Waals surface area contributed by atoms with E-state index in [-0.39, 0.29) is 0 Å². The maximum Gasteiger partial charge on any atom is 0.0347 e. The van der Waals surface area contributed by atoms with E-state index in [1.807, 2.05) is 18.2 Å². The van der Waals surface area contributed by atoms with Crippen LogP contribution in [-0.2, 0) is 6.42 Å². The lowest BCUT2D eigenvalue weighted by atomic mass is 10.1. The van der Waals surface area contributed by atoms with Gasteiger partial charge in [-0.1, -0.05) is 18.2 Å². The summed E-state index contributed by atoms with van der Waals surface area (Å²) in [6.45, 7) is 5.47. The normalized spacial score (nSPS) is 11.2. The van der Waals surface area contributed by atoms with Crippen molar-refractivity contribution in [2.24, 2.45) is 0 Å². The highest BCUT2D eigenvalue weighted by Gasteiger charge is 2.04. The zero-order chi connectivity index (χ0) is 10.6. The van der Waals surface area contributed by atoms with Gasteiger partial charge in [-0.25, -0.2) is 0 Å². The zero-order valence-electron chi connectivity index (χ0n) is 9.33.